The Labute approximate surface area is 132 Å². The van der Waals surface area contributed by atoms with E-state index in [1.807, 2.05) is 49.1 Å². The Bertz CT molecular complexity index is 585. The molecule has 1 saturated heterocycles. The van der Waals surface area contributed by atoms with Gasteiger partial charge in [0.15, 0.2) is 9.84 Å². The van der Waals surface area contributed by atoms with E-state index in [1.165, 1.54) is 0 Å². The van der Waals surface area contributed by atoms with Gasteiger partial charge in [-0.15, -0.1) is 0 Å². The molecule has 5 nitrogen and oxygen atoms in total. The number of amides is 1. The summed E-state index contributed by atoms with van der Waals surface area (Å²) in [6.07, 6.45) is 0. The molecule has 6 heteroatoms. The van der Waals surface area contributed by atoms with Crippen molar-refractivity contribution in [2.45, 2.75) is 19.9 Å². The van der Waals surface area contributed by atoms with Crippen LogP contribution < -0.4 is 5.32 Å². The molecule has 0 bridgehead atoms. The van der Waals surface area contributed by atoms with Gasteiger partial charge in [0.2, 0.25) is 5.91 Å². The first kappa shape index (κ1) is 17.0. The Morgan fingerprint density at radius 1 is 1.18 bits per heavy atom. The number of rotatable bonds is 5. The summed E-state index contributed by atoms with van der Waals surface area (Å²) >= 11 is 0. The monoisotopic (exact) mass is 324 g/mol. The lowest BCUT2D eigenvalue weighted by atomic mass is 10.0. The molecule has 22 heavy (non-hydrogen) atoms. The van der Waals surface area contributed by atoms with Gasteiger partial charge in [0.05, 0.1) is 11.5 Å². The smallest absolute Gasteiger partial charge is 0.241 e. The summed E-state index contributed by atoms with van der Waals surface area (Å²) in [6, 6.07) is 9.13. The predicted molar refractivity (Wildman–Crippen MR) is 87.3 cm³/mol. The van der Waals surface area contributed by atoms with Crippen LogP contribution in [0.4, 0.5) is 0 Å². The molecule has 0 aromatic heterocycles. The van der Waals surface area contributed by atoms with Crippen molar-refractivity contribution in [3.63, 3.8) is 0 Å². The maximum absolute atomic E-state index is 12.6. The summed E-state index contributed by atoms with van der Waals surface area (Å²) in [5, 5.41) is 2.97. The molecule has 0 unspecified atom stereocenters. The van der Waals surface area contributed by atoms with Crippen LogP contribution in [0, 0.1) is 5.92 Å². The Morgan fingerprint density at radius 3 is 2.32 bits per heavy atom. The second-order valence-electron chi connectivity index (χ2n) is 6.14. The van der Waals surface area contributed by atoms with Gasteiger partial charge in [-0.2, -0.15) is 0 Å². The SMILES string of the molecule is CC(C)CNC(=O)[C@H](c1ccccc1)N1CCS(=O)(=O)CC1. The second-order valence-corrected chi connectivity index (χ2v) is 8.44. The maximum atomic E-state index is 12.6. The summed E-state index contributed by atoms with van der Waals surface area (Å²) in [4.78, 5) is 14.6. The Hall–Kier alpha value is -1.40. The molecule has 1 amide bonds. The second kappa shape index (κ2) is 7.24. The number of benzene rings is 1. The molecule has 1 aliphatic heterocycles. The molecular weight excluding hydrogens is 300 g/mol. The van der Waals surface area contributed by atoms with Crippen LogP contribution in [-0.2, 0) is 14.6 Å². The van der Waals surface area contributed by atoms with E-state index < -0.39 is 15.9 Å². The number of nitrogens with zero attached hydrogens (tertiary/aromatic N) is 1. The van der Waals surface area contributed by atoms with Crippen LogP contribution in [0.3, 0.4) is 0 Å². The lowest BCUT2D eigenvalue weighted by Gasteiger charge is -2.33. The van der Waals surface area contributed by atoms with E-state index in [9.17, 15) is 13.2 Å². The van der Waals surface area contributed by atoms with Crippen molar-refractivity contribution in [3.8, 4) is 0 Å². The summed E-state index contributed by atoms with van der Waals surface area (Å²) in [7, 11) is -2.96. The first-order chi connectivity index (χ1) is 10.4. The van der Waals surface area contributed by atoms with Crippen molar-refractivity contribution in [1.82, 2.24) is 10.2 Å². The average molecular weight is 324 g/mol. The number of carbonyl (C=O) groups excluding carboxylic acids is 1. The zero-order valence-electron chi connectivity index (χ0n) is 13.2. The van der Waals surface area contributed by atoms with Crippen molar-refractivity contribution in [2.24, 2.45) is 5.92 Å². The number of sulfone groups is 1. The van der Waals surface area contributed by atoms with Crippen LogP contribution in [0.1, 0.15) is 25.5 Å². The normalized spacial score (nSPS) is 19.8. The molecule has 1 N–H and O–H groups in total. The zero-order valence-corrected chi connectivity index (χ0v) is 14.0. The highest BCUT2D eigenvalue weighted by atomic mass is 32.2. The molecule has 0 radical (unpaired) electrons. The van der Waals surface area contributed by atoms with Crippen LogP contribution in [-0.4, -0.2) is 50.4 Å². The van der Waals surface area contributed by atoms with Gasteiger partial charge in [0.25, 0.3) is 0 Å². The minimum atomic E-state index is -2.96. The first-order valence-corrected chi connectivity index (χ1v) is 9.48. The molecule has 1 aliphatic rings. The first-order valence-electron chi connectivity index (χ1n) is 7.66. The Morgan fingerprint density at radius 2 is 1.77 bits per heavy atom. The fraction of sp³-hybridized carbons (Fsp3) is 0.562. The molecule has 1 fully saturated rings. The van der Waals surface area contributed by atoms with E-state index in [-0.39, 0.29) is 17.4 Å². The van der Waals surface area contributed by atoms with E-state index in [0.717, 1.165) is 5.56 Å². The third-order valence-corrected chi connectivity index (χ3v) is 5.40. The van der Waals surface area contributed by atoms with E-state index in [1.54, 1.807) is 0 Å². The van der Waals surface area contributed by atoms with Crippen LogP contribution in [0.15, 0.2) is 30.3 Å². The molecular formula is C16H24N2O3S. The Balaban J connectivity index is 2.17. The molecule has 0 aliphatic carbocycles. The van der Waals surface area contributed by atoms with Gasteiger partial charge in [-0.3, -0.25) is 9.69 Å². The Kier molecular flexibility index (Phi) is 5.58. The molecule has 1 atom stereocenters. The standard InChI is InChI=1S/C16H24N2O3S/c1-13(2)12-17-16(19)15(14-6-4-3-5-7-14)18-8-10-22(20,21)11-9-18/h3-7,13,15H,8-12H2,1-2H3,(H,17,19)/t15-/m0/s1. The summed E-state index contributed by atoms with van der Waals surface area (Å²) < 4.78 is 23.2. The maximum Gasteiger partial charge on any atom is 0.241 e. The lowest BCUT2D eigenvalue weighted by Crippen LogP contribution is -2.48. The minimum Gasteiger partial charge on any atom is -0.354 e. The molecule has 0 saturated carbocycles. The molecule has 1 aromatic rings. The van der Waals surface area contributed by atoms with Crippen molar-refractivity contribution in [2.75, 3.05) is 31.1 Å². The number of nitrogens with one attached hydrogen (secondary N) is 1. The van der Waals surface area contributed by atoms with Crippen LogP contribution in [0.25, 0.3) is 0 Å². The fourth-order valence-electron chi connectivity index (χ4n) is 2.55. The van der Waals surface area contributed by atoms with Gasteiger partial charge in [-0.1, -0.05) is 44.2 Å². The van der Waals surface area contributed by atoms with E-state index >= 15 is 0 Å². The van der Waals surface area contributed by atoms with E-state index in [4.69, 9.17) is 0 Å². The highest BCUT2D eigenvalue weighted by Gasteiger charge is 2.32. The molecule has 122 valence electrons. The van der Waals surface area contributed by atoms with Gasteiger partial charge in [-0.25, -0.2) is 8.42 Å². The van der Waals surface area contributed by atoms with Crippen molar-refractivity contribution in [3.05, 3.63) is 35.9 Å². The van der Waals surface area contributed by atoms with E-state index in [2.05, 4.69) is 5.32 Å². The summed E-state index contributed by atoms with van der Waals surface area (Å²) in [6.45, 7) is 5.51. The summed E-state index contributed by atoms with van der Waals surface area (Å²) in [5.41, 5.74) is 0.906. The molecule has 1 heterocycles. The molecule has 2 rings (SSSR count). The van der Waals surface area contributed by atoms with Gasteiger partial charge >= 0.3 is 0 Å². The van der Waals surface area contributed by atoms with Crippen LogP contribution in [0.2, 0.25) is 0 Å². The highest BCUT2D eigenvalue weighted by Crippen LogP contribution is 2.23. The largest absolute Gasteiger partial charge is 0.354 e. The number of carbonyl (C=O) groups is 1. The van der Waals surface area contributed by atoms with Gasteiger partial charge < -0.3 is 5.32 Å². The van der Waals surface area contributed by atoms with Gasteiger partial charge in [-0.05, 0) is 11.5 Å². The van der Waals surface area contributed by atoms with Crippen LogP contribution >= 0.6 is 0 Å². The third-order valence-electron chi connectivity index (χ3n) is 3.79. The zero-order chi connectivity index (χ0) is 16.2. The number of hydrogen-bond donors (Lipinski definition) is 1. The van der Waals surface area contributed by atoms with Crippen molar-refractivity contribution < 1.29 is 13.2 Å². The lowest BCUT2D eigenvalue weighted by molar-refractivity contribution is -0.126. The van der Waals surface area contributed by atoms with Gasteiger partial charge in [0, 0.05) is 19.6 Å². The quantitative estimate of drug-likeness (QED) is 0.885. The highest BCUT2D eigenvalue weighted by molar-refractivity contribution is 7.91. The third kappa shape index (κ3) is 4.55. The number of hydrogen-bond acceptors (Lipinski definition) is 4. The molecule has 1 aromatic carbocycles. The molecule has 0 spiro atoms. The fourth-order valence-corrected chi connectivity index (χ4v) is 3.78. The van der Waals surface area contributed by atoms with Gasteiger partial charge in [0.1, 0.15) is 6.04 Å². The van der Waals surface area contributed by atoms with Crippen LogP contribution in [0.5, 0.6) is 0 Å². The minimum absolute atomic E-state index is 0.0563. The average Bonchev–Trinajstić information content (AvgIpc) is 2.48. The topological polar surface area (TPSA) is 66.5 Å². The predicted octanol–water partition coefficient (Wildman–Crippen LogP) is 1.23. The van der Waals surface area contributed by atoms with Crippen molar-refractivity contribution in [1.29, 1.82) is 0 Å². The van der Waals surface area contributed by atoms with E-state index in [0.29, 0.717) is 25.6 Å². The summed E-state index contributed by atoms with van der Waals surface area (Å²) in [5.74, 6) is 0.558. The van der Waals surface area contributed by atoms with Crippen molar-refractivity contribution >= 4 is 15.7 Å².